The number of carboxylic acid groups (broad SMARTS) is 1. The maximum Gasteiger partial charge on any atom is 0.400 e. The molecule has 7 nitrogen and oxygen atoms in total. The summed E-state index contributed by atoms with van der Waals surface area (Å²) in [6, 6.07) is 0. The van der Waals surface area contributed by atoms with Crippen LogP contribution in [0, 0.1) is 56.7 Å². The Balaban J connectivity index is 1.49. The minimum absolute atomic E-state index is 0.0924. The molecule has 38 heavy (non-hydrogen) atoms. The van der Waals surface area contributed by atoms with Gasteiger partial charge in [0.05, 0.1) is 5.41 Å². The second kappa shape index (κ2) is 7.73. The number of aliphatic carboxylic acids is 1. The highest BCUT2D eigenvalue weighted by Gasteiger charge is 2.73. The number of rotatable bonds is 1. The van der Waals surface area contributed by atoms with E-state index in [0.717, 1.165) is 31.3 Å². The number of ketones is 1. The first-order chi connectivity index (χ1) is 17.4. The molecular weight excluding hydrogens is 504 g/mol. The largest absolute Gasteiger partial charge is 0.481 e. The van der Waals surface area contributed by atoms with E-state index in [9.17, 15) is 23.1 Å². The molecule has 0 bridgehead atoms. The molecule has 6 rings (SSSR count). The van der Waals surface area contributed by atoms with Gasteiger partial charge in [0.1, 0.15) is 12.2 Å². The number of hydrogen-bond donors (Lipinski definition) is 1. The normalized spacial score (nSPS) is 54.4. The fourth-order valence-corrected chi connectivity index (χ4v) is 12.5. The van der Waals surface area contributed by atoms with E-state index in [1.54, 1.807) is 0 Å². The van der Waals surface area contributed by atoms with Gasteiger partial charge in [-0.1, -0.05) is 54.0 Å². The number of hydrogen-bond acceptors (Lipinski definition) is 6. The molecule has 0 aromatic rings. The fourth-order valence-electron chi connectivity index (χ4n) is 11.4. The fraction of sp³-hybridized carbons (Fsp3) is 0.867. The summed E-state index contributed by atoms with van der Waals surface area (Å²) in [5.41, 5.74) is -1.32. The van der Waals surface area contributed by atoms with Gasteiger partial charge in [-0.15, -0.1) is 0 Å². The molecule has 1 heterocycles. The summed E-state index contributed by atoms with van der Waals surface area (Å²) in [6.45, 7) is 15.3. The molecule has 0 aromatic heterocycles. The van der Waals surface area contributed by atoms with Crippen LogP contribution < -0.4 is 0 Å². The van der Waals surface area contributed by atoms with Crippen LogP contribution in [0.1, 0.15) is 93.4 Å². The SMILES string of the molecule is C[C@@H]1CC[C@]2(C(=O)O)CC[C@]3(C)C(=CC(=O)C4[C@@]5(C)C[C@H]6OS(=O)(=O)O[C@@H]6C(C)(C)C5CC[C@]43C)C2[C@H]1C. The molecule has 11 atom stereocenters. The Hall–Kier alpha value is -1.25. The van der Waals surface area contributed by atoms with Gasteiger partial charge < -0.3 is 5.11 Å². The van der Waals surface area contributed by atoms with Gasteiger partial charge >= 0.3 is 16.4 Å². The van der Waals surface area contributed by atoms with Crippen LogP contribution in [0.3, 0.4) is 0 Å². The number of carboxylic acids is 1. The first-order valence-electron chi connectivity index (χ1n) is 14.6. The quantitative estimate of drug-likeness (QED) is 0.458. The molecular formula is C30H44O7S. The van der Waals surface area contributed by atoms with Crippen molar-refractivity contribution in [1.82, 2.24) is 0 Å². The van der Waals surface area contributed by atoms with E-state index in [1.165, 1.54) is 0 Å². The van der Waals surface area contributed by atoms with Gasteiger partial charge in [0.2, 0.25) is 0 Å². The van der Waals surface area contributed by atoms with Gasteiger partial charge in [0, 0.05) is 5.92 Å². The van der Waals surface area contributed by atoms with Gasteiger partial charge in [-0.2, -0.15) is 8.42 Å². The van der Waals surface area contributed by atoms with Crippen LogP contribution in [0.15, 0.2) is 11.6 Å². The number of carbonyl (C=O) groups is 2. The van der Waals surface area contributed by atoms with Crippen LogP contribution in [-0.4, -0.2) is 37.5 Å². The summed E-state index contributed by atoms with van der Waals surface area (Å²) < 4.78 is 35.6. The first-order valence-corrected chi connectivity index (χ1v) is 15.9. The zero-order chi connectivity index (χ0) is 27.8. The van der Waals surface area contributed by atoms with Crippen molar-refractivity contribution < 1.29 is 31.5 Å². The predicted octanol–water partition coefficient (Wildman–Crippen LogP) is 5.55. The maximum atomic E-state index is 14.4. The third-order valence-corrected chi connectivity index (χ3v) is 14.4. The van der Waals surface area contributed by atoms with E-state index in [1.807, 2.05) is 6.08 Å². The highest BCUT2D eigenvalue weighted by molar-refractivity contribution is 7.82. The van der Waals surface area contributed by atoms with Crippen molar-refractivity contribution in [3.8, 4) is 0 Å². The zero-order valence-electron chi connectivity index (χ0n) is 23.9. The van der Waals surface area contributed by atoms with Gasteiger partial charge in [0.25, 0.3) is 0 Å². The number of carbonyl (C=O) groups excluding carboxylic acids is 1. The molecule has 1 aliphatic heterocycles. The molecule has 3 unspecified atom stereocenters. The van der Waals surface area contributed by atoms with Crippen molar-refractivity contribution in [1.29, 1.82) is 0 Å². The topological polar surface area (TPSA) is 107 Å². The van der Waals surface area contributed by atoms with E-state index in [0.29, 0.717) is 25.2 Å². The summed E-state index contributed by atoms with van der Waals surface area (Å²) in [5, 5.41) is 10.6. The predicted molar refractivity (Wildman–Crippen MR) is 141 cm³/mol. The third kappa shape index (κ3) is 3.06. The van der Waals surface area contributed by atoms with Crippen molar-refractivity contribution in [2.45, 2.75) is 106 Å². The van der Waals surface area contributed by atoms with Gasteiger partial charge in [-0.05, 0) is 96.4 Å². The molecule has 0 radical (unpaired) electrons. The monoisotopic (exact) mass is 548 g/mol. The zero-order valence-corrected chi connectivity index (χ0v) is 24.7. The molecule has 0 amide bonds. The molecule has 6 aliphatic rings. The molecule has 1 N–H and O–H groups in total. The summed E-state index contributed by atoms with van der Waals surface area (Å²) in [6.07, 6.45) is 5.88. The lowest BCUT2D eigenvalue weighted by atomic mass is 9.33. The van der Waals surface area contributed by atoms with Crippen LogP contribution >= 0.6 is 0 Å². The Morgan fingerprint density at radius 2 is 1.68 bits per heavy atom. The van der Waals surface area contributed by atoms with E-state index in [-0.39, 0.29) is 40.3 Å². The minimum Gasteiger partial charge on any atom is -0.481 e. The molecule has 0 spiro atoms. The summed E-state index contributed by atoms with van der Waals surface area (Å²) >= 11 is 0. The van der Waals surface area contributed by atoms with Crippen LogP contribution in [0.25, 0.3) is 0 Å². The van der Waals surface area contributed by atoms with Crippen molar-refractivity contribution in [2.24, 2.45) is 56.7 Å². The van der Waals surface area contributed by atoms with E-state index in [2.05, 4.69) is 48.5 Å². The maximum absolute atomic E-state index is 14.4. The van der Waals surface area contributed by atoms with Gasteiger partial charge in [-0.3, -0.25) is 9.59 Å². The number of fused-ring (bicyclic) bond motifs is 8. The molecule has 4 saturated carbocycles. The molecule has 8 heteroatoms. The van der Waals surface area contributed by atoms with Crippen LogP contribution in [0.4, 0.5) is 0 Å². The van der Waals surface area contributed by atoms with Crippen molar-refractivity contribution >= 4 is 22.2 Å². The van der Waals surface area contributed by atoms with E-state index >= 15 is 0 Å². The summed E-state index contributed by atoms with van der Waals surface area (Å²) in [5.74, 6) is -0.351. The lowest BCUT2D eigenvalue weighted by Gasteiger charge is -2.70. The minimum atomic E-state index is -4.05. The highest BCUT2D eigenvalue weighted by atomic mass is 32.3. The Morgan fingerprint density at radius 3 is 2.34 bits per heavy atom. The summed E-state index contributed by atoms with van der Waals surface area (Å²) in [4.78, 5) is 27.3. The lowest BCUT2D eigenvalue weighted by Crippen LogP contribution is -2.68. The van der Waals surface area contributed by atoms with Crippen molar-refractivity contribution in [3.05, 3.63) is 11.6 Å². The molecule has 212 valence electrons. The highest BCUT2D eigenvalue weighted by Crippen LogP contribution is 2.75. The smallest absolute Gasteiger partial charge is 0.400 e. The average molecular weight is 549 g/mol. The Labute approximate surface area is 227 Å². The molecule has 1 saturated heterocycles. The van der Waals surface area contributed by atoms with Crippen LogP contribution in [-0.2, 0) is 28.4 Å². The third-order valence-electron chi connectivity index (χ3n) is 13.5. The average Bonchev–Trinajstić information content (AvgIpc) is 3.11. The van der Waals surface area contributed by atoms with E-state index in [4.69, 9.17) is 8.37 Å². The Bertz CT molecular complexity index is 1240. The molecule has 5 fully saturated rings. The second-order valence-electron chi connectivity index (χ2n) is 15.2. The Morgan fingerprint density at radius 1 is 1.00 bits per heavy atom. The van der Waals surface area contributed by atoms with Crippen molar-refractivity contribution in [2.75, 3.05) is 0 Å². The number of allylic oxidation sites excluding steroid dienone is 2. The van der Waals surface area contributed by atoms with Gasteiger partial charge in [0.15, 0.2) is 5.78 Å². The second-order valence-corrected chi connectivity index (χ2v) is 16.4. The first kappa shape index (κ1) is 26.9. The van der Waals surface area contributed by atoms with Gasteiger partial charge in [-0.25, -0.2) is 8.37 Å². The lowest BCUT2D eigenvalue weighted by molar-refractivity contribution is -0.210. The van der Waals surface area contributed by atoms with Crippen LogP contribution in [0.2, 0.25) is 0 Å². The summed E-state index contributed by atoms with van der Waals surface area (Å²) in [7, 11) is -4.05. The van der Waals surface area contributed by atoms with Crippen molar-refractivity contribution in [3.63, 3.8) is 0 Å². The van der Waals surface area contributed by atoms with Crippen LogP contribution in [0.5, 0.6) is 0 Å². The Kier molecular flexibility index (Phi) is 5.48. The molecule has 5 aliphatic carbocycles. The standard InChI is InChI=1S/C30H44O7S/c1-16-8-11-30(25(32)33)13-12-28(6)18(22(30)17(16)2)14-19(31)23-27(5)15-20-24(37-38(34,35)36-20)26(3,4)21(27)9-10-29(23,28)7/h14,16-17,20-24H,8-13,15H2,1-7H3,(H,32,33)/t16-,17+,20-,21?,22?,23?,24+,27+,28-,29-,30+/m1/s1. The van der Waals surface area contributed by atoms with E-state index < -0.39 is 44.8 Å². The molecule has 0 aromatic carbocycles.